The maximum Gasteiger partial charge on any atom is 0.271 e. The van der Waals surface area contributed by atoms with Crippen LogP contribution in [0, 0.1) is 6.92 Å². The standard InChI is InChI=1S/C12H17N3O3/c1-9-6-14-10(7-13-9)11(16)15-8-12(17)2-4-18-5-3-12/h6-7,17H,2-5,8H2,1H3,(H,15,16). The van der Waals surface area contributed by atoms with Gasteiger partial charge in [0.1, 0.15) is 5.69 Å². The molecular formula is C12H17N3O3. The molecule has 1 aliphatic rings. The molecule has 0 bridgehead atoms. The molecular weight excluding hydrogens is 234 g/mol. The number of aliphatic hydroxyl groups is 1. The number of amides is 1. The lowest BCUT2D eigenvalue weighted by molar-refractivity contribution is -0.0605. The summed E-state index contributed by atoms with van der Waals surface area (Å²) in [6.07, 6.45) is 4.04. The summed E-state index contributed by atoms with van der Waals surface area (Å²) in [6, 6.07) is 0. The summed E-state index contributed by atoms with van der Waals surface area (Å²) in [4.78, 5) is 19.8. The van der Waals surface area contributed by atoms with Crippen molar-refractivity contribution in [3.05, 3.63) is 23.8 Å². The van der Waals surface area contributed by atoms with Crippen LogP contribution in [0.15, 0.2) is 12.4 Å². The Labute approximate surface area is 105 Å². The van der Waals surface area contributed by atoms with E-state index in [4.69, 9.17) is 4.74 Å². The van der Waals surface area contributed by atoms with Gasteiger partial charge in [0.2, 0.25) is 0 Å². The fourth-order valence-corrected chi connectivity index (χ4v) is 1.77. The number of carbonyl (C=O) groups excluding carboxylic acids is 1. The minimum Gasteiger partial charge on any atom is -0.388 e. The third kappa shape index (κ3) is 3.24. The fraction of sp³-hybridized carbons (Fsp3) is 0.583. The number of nitrogens with one attached hydrogen (secondary N) is 1. The number of rotatable bonds is 3. The molecule has 0 spiro atoms. The summed E-state index contributed by atoms with van der Waals surface area (Å²) < 4.78 is 5.17. The molecule has 1 aliphatic heterocycles. The van der Waals surface area contributed by atoms with E-state index in [1.165, 1.54) is 12.4 Å². The van der Waals surface area contributed by atoms with Gasteiger partial charge in [-0.05, 0) is 6.92 Å². The Kier molecular flexibility index (Phi) is 3.88. The Balaban J connectivity index is 1.89. The van der Waals surface area contributed by atoms with Crippen LogP contribution in [-0.2, 0) is 4.74 Å². The third-order valence-electron chi connectivity index (χ3n) is 3.02. The van der Waals surface area contributed by atoms with Crippen LogP contribution in [0.3, 0.4) is 0 Å². The largest absolute Gasteiger partial charge is 0.388 e. The second-order valence-corrected chi connectivity index (χ2v) is 4.56. The average Bonchev–Trinajstić information content (AvgIpc) is 2.38. The van der Waals surface area contributed by atoms with E-state index in [1.54, 1.807) is 6.92 Å². The van der Waals surface area contributed by atoms with E-state index in [9.17, 15) is 9.90 Å². The van der Waals surface area contributed by atoms with Crippen molar-refractivity contribution in [1.29, 1.82) is 0 Å². The van der Waals surface area contributed by atoms with Crippen LogP contribution in [0.4, 0.5) is 0 Å². The molecule has 2 N–H and O–H groups in total. The van der Waals surface area contributed by atoms with Gasteiger partial charge in [0.15, 0.2) is 0 Å². The summed E-state index contributed by atoms with van der Waals surface area (Å²) in [7, 11) is 0. The maximum absolute atomic E-state index is 11.8. The number of aryl methyl sites for hydroxylation is 1. The highest BCUT2D eigenvalue weighted by atomic mass is 16.5. The van der Waals surface area contributed by atoms with E-state index >= 15 is 0 Å². The van der Waals surface area contributed by atoms with Gasteiger partial charge in [-0.3, -0.25) is 9.78 Å². The highest BCUT2D eigenvalue weighted by molar-refractivity contribution is 5.91. The lowest BCUT2D eigenvalue weighted by Gasteiger charge is -2.31. The molecule has 1 aromatic heterocycles. The Bertz CT molecular complexity index is 413. The molecule has 0 aromatic carbocycles. The summed E-state index contributed by atoms with van der Waals surface area (Å²) in [6.45, 7) is 3.07. The highest BCUT2D eigenvalue weighted by Gasteiger charge is 2.30. The van der Waals surface area contributed by atoms with E-state index in [2.05, 4.69) is 15.3 Å². The smallest absolute Gasteiger partial charge is 0.271 e. The SMILES string of the molecule is Cc1cnc(C(=O)NCC2(O)CCOCC2)cn1. The van der Waals surface area contributed by atoms with Gasteiger partial charge >= 0.3 is 0 Å². The van der Waals surface area contributed by atoms with Gasteiger partial charge in [0.25, 0.3) is 5.91 Å². The first kappa shape index (κ1) is 12.9. The van der Waals surface area contributed by atoms with Gasteiger partial charge in [0.05, 0.1) is 17.5 Å². The van der Waals surface area contributed by atoms with Crippen LogP contribution < -0.4 is 5.32 Å². The first-order valence-electron chi connectivity index (χ1n) is 5.96. The van der Waals surface area contributed by atoms with Crippen molar-refractivity contribution >= 4 is 5.91 Å². The van der Waals surface area contributed by atoms with E-state index < -0.39 is 5.60 Å². The predicted molar refractivity (Wildman–Crippen MR) is 64.1 cm³/mol. The topological polar surface area (TPSA) is 84.3 Å². The van der Waals surface area contributed by atoms with E-state index in [0.29, 0.717) is 26.1 Å². The fourth-order valence-electron chi connectivity index (χ4n) is 1.77. The molecule has 0 saturated carbocycles. The third-order valence-corrected chi connectivity index (χ3v) is 3.02. The van der Waals surface area contributed by atoms with Gasteiger partial charge in [-0.2, -0.15) is 0 Å². The van der Waals surface area contributed by atoms with Crippen LogP contribution in [0.25, 0.3) is 0 Å². The predicted octanol–water partition coefficient (Wildman–Crippen LogP) is 0.0563. The van der Waals surface area contributed by atoms with Crippen molar-refractivity contribution in [2.24, 2.45) is 0 Å². The number of carbonyl (C=O) groups is 1. The van der Waals surface area contributed by atoms with Gasteiger partial charge in [-0.25, -0.2) is 4.98 Å². The second-order valence-electron chi connectivity index (χ2n) is 4.56. The van der Waals surface area contributed by atoms with Gasteiger partial charge in [-0.15, -0.1) is 0 Å². The number of hydrogen-bond acceptors (Lipinski definition) is 5. The van der Waals surface area contributed by atoms with Gasteiger partial charge < -0.3 is 15.2 Å². The zero-order valence-electron chi connectivity index (χ0n) is 10.3. The molecule has 1 saturated heterocycles. The van der Waals surface area contributed by atoms with Crippen LogP contribution >= 0.6 is 0 Å². The van der Waals surface area contributed by atoms with Gasteiger partial charge in [0, 0.05) is 38.8 Å². The number of aromatic nitrogens is 2. The quantitative estimate of drug-likeness (QED) is 0.793. The second kappa shape index (κ2) is 5.41. The minimum atomic E-state index is -0.869. The molecule has 6 heteroatoms. The zero-order chi connectivity index (χ0) is 13.0. The maximum atomic E-state index is 11.8. The Morgan fingerprint density at radius 3 is 2.78 bits per heavy atom. The highest BCUT2D eigenvalue weighted by Crippen LogP contribution is 2.19. The molecule has 0 aliphatic carbocycles. The molecule has 6 nitrogen and oxygen atoms in total. The molecule has 1 aromatic rings. The normalized spacial score (nSPS) is 18.3. The molecule has 0 unspecified atom stereocenters. The zero-order valence-corrected chi connectivity index (χ0v) is 10.3. The van der Waals surface area contributed by atoms with Crippen LogP contribution in [0.2, 0.25) is 0 Å². The molecule has 1 fully saturated rings. The van der Waals surface area contributed by atoms with E-state index in [0.717, 1.165) is 5.69 Å². The number of hydrogen-bond donors (Lipinski definition) is 2. The molecule has 98 valence electrons. The summed E-state index contributed by atoms with van der Waals surface area (Å²) >= 11 is 0. The summed E-state index contributed by atoms with van der Waals surface area (Å²) in [5, 5.41) is 12.9. The van der Waals surface area contributed by atoms with E-state index in [-0.39, 0.29) is 18.1 Å². The summed E-state index contributed by atoms with van der Waals surface area (Å²) in [5.41, 5.74) is 0.150. The first-order chi connectivity index (χ1) is 8.59. The van der Waals surface area contributed by atoms with Crippen molar-refractivity contribution < 1.29 is 14.6 Å². The molecule has 2 heterocycles. The molecule has 0 atom stereocenters. The van der Waals surface area contributed by atoms with Crippen molar-refractivity contribution in [2.45, 2.75) is 25.4 Å². The van der Waals surface area contributed by atoms with Crippen molar-refractivity contribution in [2.75, 3.05) is 19.8 Å². The van der Waals surface area contributed by atoms with Crippen molar-refractivity contribution in [3.8, 4) is 0 Å². The van der Waals surface area contributed by atoms with Crippen LogP contribution in [0.5, 0.6) is 0 Å². The number of ether oxygens (including phenoxy) is 1. The lowest BCUT2D eigenvalue weighted by Crippen LogP contribution is -2.46. The Morgan fingerprint density at radius 2 is 2.17 bits per heavy atom. The summed E-state index contributed by atoms with van der Waals surface area (Å²) in [5.74, 6) is -0.317. The lowest BCUT2D eigenvalue weighted by atomic mass is 9.94. The molecule has 0 radical (unpaired) electrons. The van der Waals surface area contributed by atoms with Crippen LogP contribution in [-0.4, -0.2) is 46.3 Å². The average molecular weight is 251 g/mol. The Hall–Kier alpha value is -1.53. The van der Waals surface area contributed by atoms with Crippen molar-refractivity contribution in [1.82, 2.24) is 15.3 Å². The van der Waals surface area contributed by atoms with Gasteiger partial charge in [-0.1, -0.05) is 0 Å². The minimum absolute atomic E-state index is 0.213. The monoisotopic (exact) mass is 251 g/mol. The molecule has 2 rings (SSSR count). The molecule has 18 heavy (non-hydrogen) atoms. The van der Waals surface area contributed by atoms with Crippen molar-refractivity contribution in [3.63, 3.8) is 0 Å². The first-order valence-corrected chi connectivity index (χ1v) is 5.96. The molecule has 1 amide bonds. The Morgan fingerprint density at radius 1 is 1.44 bits per heavy atom. The van der Waals surface area contributed by atoms with Crippen LogP contribution in [0.1, 0.15) is 29.0 Å². The van der Waals surface area contributed by atoms with E-state index in [1.807, 2.05) is 0 Å². The number of nitrogens with zero attached hydrogens (tertiary/aromatic N) is 2.